The Kier molecular flexibility index (Phi) is 7.67. The number of hydrogen-bond donors (Lipinski definition) is 2. The summed E-state index contributed by atoms with van der Waals surface area (Å²) < 4.78 is 0. The van der Waals surface area contributed by atoms with Crippen LogP contribution in [0.3, 0.4) is 0 Å². The molecule has 0 aromatic heterocycles. The zero-order valence-electron chi connectivity index (χ0n) is 14.4. The van der Waals surface area contributed by atoms with E-state index in [2.05, 4.69) is 37.9 Å². The lowest BCUT2D eigenvalue weighted by Gasteiger charge is -2.43. The minimum Gasteiger partial charge on any atom is -0.480 e. The highest BCUT2D eigenvalue weighted by Crippen LogP contribution is 2.27. The van der Waals surface area contributed by atoms with Crippen molar-refractivity contribution >= 4 is 5.97 Å². The molecule has 1 aliphatic carbocycles. The molecule has 21 heavy (non-hydrogen) atoms. The average Bonchev–Trinajstić information content (AvgIpc) is 2.29. The van der Waals surface area contributed by atoms with Crippen LogP contribution < -0.4 is 5.32 Å². The van der Waals surface area contributed by atoms with Gasteiger partial charge < -0.3 is 10.4 Å². The summed E-state index contributed by atoms with van der Waals surface area (Å²) in [6.45, 7) is 12.2. The van der Waals surface area contributed by atoms with E-state index < -0.39 is 5.97 Å². The number of carboxylic acid groups (broad SMARTS) is 1. The lowest BCUT2D eigenvalue weighted by atomic mass is 9.84. The normalized spacial score (nSPS) is 24.9. The Balaban J connectivity index is 2.23. The fraction of sp³-hybridized carbons (Fsp3) is 0.941. The van der Waals surface area contributed by atoms with E-state index >= 15 is 0 Å². The van der Waals surface area contributed by atoms with Gasteiger partial charge in [-0.25, -0.2) is 0 Å². The first-order valence-electron chi connectivity index (χ1n) is 8.53. The van der Waals surface area contributed by atoms with Gasteiger partial charge in [0, 0.05) is 18.1 Å². The molecule has 0 aromatic carbocycles. The fourth-order valence-electron chi connectivity index (χ4n) is 3.67. The summed E-state index contributed by atoms with van der Waals surface area (Å²) in [6, 6.07) is 1.57. The van der Waals surface area contributed by atoms with Crippen LogP contribution in [0.25, 0.3) is 0 Å². The van der Waals surface area contributed by atoms with E-state index in [1.807, 2.05) is 6.92 Å². The van der Waals surface area contributed by atoms with Crippen molar-refractivity contribution in [2.24, 2.45) is 11.8 Å². The second-order valence-corrected chi connectivity index (χ2v) is 7.32. The van der Waals surface area contributed by atoms with E-state index in [1.165, 1.54) is 12.8 Å². The summed E-state index contributed by atoms with van der Waals surface area (Å²) >= 11 is 0. The van der Waals surface area contributed by atoms with Crippen LogP contribution >= 0.6 is 0 Å². The van der Waals surface area contributed by atoms with Crippen molar-refractivity contribution in [3.8, 4) is 0 Å². The van der Waals surface area contributed by atoms with Crippen LogP contribution in [0.5, 0.6) is 0 Å². The van der Waals surface area contributed by atoms with Gasteiger partial charge in [-0.2, -0.15) is 0 Å². The van der Waals surface area contributed by atoms with Crippen LogP contribution in [0.2, 0.25) is 0 Å². The minimum atomic E-state index is -0.718. The van der Waals surface area contributed by atoms with Crippen LogP contribution in [-0.2, 0) is 4.79 Å². The fourth-order valence-corrected chi connectivity index (χ4v) is 3.67. The lowest BCUT2D eigenvalue weighted by molar-refractivity contribution is -0.139. The quantitative estimate of drug-likeness (QED) is 0.651. The van der Waals surface area contributed by atoms with Crippen molar-refractivity contribution in [1.82, 2.24) is 10.2 Å². The Hall–Kier alpha value is -0.610. The van der Waals surface area contributed by atoms with Crippen LogP contribution in [0.1, 0.15) is 60.3 Å². The molecule has 124 valence electrons. The van der Waals surface area contributed by atoms with Gasteiger partial charge in [-0.1, -0.05) is 27.7 Å². The number of carboxylic acids is 1. The summed E-state index contributed by atoms with van der Waals surface area (Å²) in [5, 5.41) is 12.6. The Labute approximate surface area is 130 Å². The maximum Gasteiger partial charge on any atom is 0.317 e. The average molecular weight is 298 g/mol. The number of hydrogen-bond acceptors (Lipinski definition) is 3. The minimum absolute atomic E-state index is 0.175. The zero-order valence-corrected chi connectivity index (χ0v) is 14.4. The molecule has 0 aliphatic heterocycles. The second-order valence-electron chi connectivity index (χ2n) is 7.32. The molecule has 0 aromatic rings. The SMILES string of the molecule is CCN(CC(=O)O)C1CC(NC(C)CC(C)CC(C)C)C1. The number of aliphatic carboxylic acids is 1. The van der Waals surface area contributed by atoms with Crippen molar-refractivity contribution in [2.45, 2.75) is 78.4 Å². The molecule has 0 amide bonds. The molecule has 0 heterocycles. The first-order chi connectivity index (χ1) is 9.81. The van der Waals surface area contributed by atoms with E-state index in [9.17, 15) is 4.79 Å². The molecular formula is C17H34N2O2. The number of nitrogens with zero attached hydrogens (tertiary/aromatic N) is 1. The maximum atomic E-state index is 10.8. The third kappa shape index (κ3) is 6.79. The highest BCUT2D eigenvalue weighted by molar-refractivity contribution is 5.69. The third-order valence-corrected chi connectivity index (χ3v) is 4.52. The lowest BCUT2D eigenvalue weighted by Crippen LogP contribution is -2.55. The van der Waals surface area contributed by atoms with Crippen LogP contribution in [0.4, 0.5) is 0 Å². The Bertz CT molecular complexity index is 314. The Morgan fingerprint density at radius 2 is 1.86 bits per heavy atom. The Morgan fingerprint density at radius 3 is 2.33 bits per heavy atom. The predicted octanol–water partition coefficient (Wildman–Crippen LogP) is 2.97. The summed E-state index contributed by atoms with van der Waals surface area (Å²) in [6.07, 6.45) is 4.70. The van der Waals surface area contributed by atoms with Crippen molar-refractivity contribution < 1.29 is 9.90 Å². The van der Waals surface area contributed by atoms with Gasteiger partial charge in [0.1, 0.15) is 0 Å². The van der Waals surface area contributed by atoms with Crippen molar-refractivity contribution in [3.63, 3.8) is 0 Å². The molecule has 1 saturated carbocycles. The molecule has 4 nitrogen and oxygen atoms in total. The van der Waals surface area contributed by atoms with E-state index in [0.717, 1.165) is 31.2 Å². The largest absolute Gasteiger partial charge is 0.480 e. The molecule has 0 saturated heterocycles. The maximum absolute atomic E-state index is 10.8. The predicted molar refractivity (Wildman–Crippen MR) is 87.5 cm³/mol. The first kappa shape index (κ1) is 18.4. The van der Waals surface area contributed by atoms with Gasteiger partial charge in [0.15, 0.2) is 0 Å². The van der Waals surface area contributed by atoms with Gasteiger partial charge in [0.25, 0.3) is 0 Å². The summed E-state index contributed by atoms with van der Waals surface area (Å²) in [5.41, 5.74) is 0. The van der Waals surface area contributed by atoms with E-state index in [-0.39, 0.29) is 6.54 Å². The monoisotopic (exact) mass is 298 g/mol. The van der Waals surface area contributed by atoms with Gasteiger partial charge in [-0.3, -0.25) is 9.69 Å². The first-order valence-corrected chi connectivity index (χ1v) is 8.53. The van der Waals surface area contributed by atoms with Crippen LogP contribution in [-0.4, -0.2) is 47.2 Å². The van der Waals surface area contributed by atoms with Gasteiger partial charge in [-0.05, 0) is 51.0 Å². The van der Waals surface area contributed by atoms with Crippen LogP contribution in [0, 0.1) is 11.8 Å². The molecule has 2 N–H and O–H groups in total. The van der Waals surface area contributed by atoms with Gasteiger partial charge in [0.05, 0.1) is 6.54 Å². The number of rotatable bonds is 10. The van der Waals surface area contributed by atoms with Crippen molar-refractivity contribution in [1.29, 1.82) is 0 Å². The molecule has 4 heteroatoms. The summed E-state index contributed by atoms with van der Waals surface area (Å²) in [4.78, 5) is 12.9. The molecule has 2 atom stereocenters. The third-order valence-electron chi connectivity index (χ3n) is 4.52. The van der Waals surface area contributed by atoms with Gasteiger partial charge in [0.2, 0.25) is 0 Å². The van der Waals surface area contributed by atoms with E-state index in [4.69, 9.17) is 5.11 Å². The molecule has 0 bridgehead atoms. The summed E-state index contributed by atoms with van der Waals surface area (Å²) in [5.74, 6) is 0.820. The van der Waals surface area contributed by atoms with Crippen LogP contribution in [0.15, 0.2) is 0 Å². The molecule has 2 unspecified atom stereocenters. The summed E-state index contributed by atoms with van der Waals surface area (Å²) in [7, 11) is 0. The number of carbonyl (C=O) groups is 1. The van der Waals surface area contributed by atoms with Crippen molar-refractivity contribution in [2.75, 3.05) is 13.1 Å². The number of likely N-dealkylation sites (N-methyl/N-ethyl adjacent to an activating group) is 1. The Morgan fingerprint density at radius 1 is 1.24 bits per heavy atom. The topological polar surface area (TPSA) is 52.6 Å². The zero-order chi connectivity index (χ0) is 16.0. The van der Waals surface area contributed by atoms with E-state index in [0.29, 0.717) is 18.1 Å². The highest BCUT2D eigenvalue weighted by atomic mass is 16.4. The second kappa shape index (κ2) is 8.74. The molecule has 0 spiro atoms. The number of nitrogens with one attached hydrogen (secondary N) is 1. The molecule has 1 aliphatic rings. The smallest absolute Gasteiger partial charge is 0.317 e. The standard InChI is InChI=1S/C17H34N2O2/c1-6-19(11-17(20)21)16-9-15(10-16)18-14(5)8-13(4)7-12(2)3/h12-16,18H,6-11H2,1-5H3,(H,20,21). The van der Waals surface area contributed by atoms with Gasteiger partial charge in [-0.15, -0.1) is 0 Å². The molecule has 1 fully saturated rings. The molecule has 1 rings (SSSR count). The molecule has 0 radical (unpaired) electrons. The highest BCUT2D eigenvalue weighted by Gasteiger charge is 2.34. The molecular weight excluding hydrogens is 264 g/mol. The van der Waals surface area contributed by atoms with Gasteiger partial charge >= 0.3 is 5.97 Å². The van der Waals surface area contributed by atoms with E-state index in [1.54, 1.807) is 0 Å². The van der Waals surface area contributed by atoms with Crippen molar-refractivity contribution in [3.05, 3.63) is 0 Å².